The second kappa shape index (κ2) is 15.6. The van der Waals surface area contributed by atoms with Gasteiger partial charge in [-0.05, 0) is 78.6 Å². The molecule has 3 N–H and O–H groups in total. The Kier molecular flexibility index (Phi) is 12.0. The molecule has 0 fully saturated rings. The first-order chi connectivity index (χ1) is 20.1. The van der Waals surface area contributed by atoms with Crippen LogP contribution in [0.1, 0.15) is 61.4 Å². The van der Waals surface area contributed by atoms with Crippen LogP contribution in [0.25, 0.3) is 0 Å². The van der Waals surface area contributed by atoms with Gasteiger partial charge in [-0.3, -0.25) is 14.4 Å². The lowest BCUT2D eigenvalue weighted by atomic mass is 9.92. The summed E-state index contributed by atoms with van der Waals surface area (Å²) in [5.74, 6) is -1.25. The maximum atomic E-state index is 13.4. The van der Waals surface area contributed by atoms with Crippen molar-refractivity contribution < 1.29 is 29.0 Å². The number of rotatable bonds is 15. The van der Waals surface area contributed by atoms with Crippen LogP contribution in [-0.2, 0) is 27.2 Å². The number of benzene rings is 3. The number of aryl methyl sites for hydroxylation is 3. The summed E-state index contributed by atoms with van der Waals surface area (Å²) >= 11 is 0. The Bertz CT molecular complexity index is 1350. The van der Waals surface area contributed by atoms with Gasteiger partial charge < -0.3 is 25.2 Å². The van der Waals surface area contributed by atoms with E-state index in [-0.39, 0.29) is 30.6 Å². The Hall–Kier alpha value is -4.33. The number of carboxylic acid groups (broad SMARTS) is 1. The van der Waals surface area contributed by atoms with Crippen LogP contribution < -0.4 is 20.1 Å². The van der Waals surface area contributed by atoms with E-state index in [9.17, 15) is 19.5 Å². The molecular weight excluding hydrogens is 532 g/mol. The van der Waals surface area contributed by atoms with E-state index in [0.29, 0.717) is 29.2 Å². The molecule has 0 saturated heterocycles. The fourth-order valence-corrected chi connectivity index (χ4v) is 5.00. The average molecular weight is 575 g/mol. The van der Waals surface area contributed by atoms with Gasteiger partial charge in [-0.2, -0.15) is 0 Å². The van der Waals surface area contributed by atoms with Crippen molar-refractivity contribution >= 4 is 23.5 Å². The first-order valence-corrected chi connectivity index (χ1v) is 14.3. The number of carboxylic acids is 1. The van der Waals surface area contributed by atoms with E-state index in [1.54, 1.807) is 18.2 Å². The molecule has 0 aliphatic heterocycles. The van der Waals surface area contributed by atoms with Crippen LogP contribution in [0.5, 0.6) is 11.5 Å². The molecule has 0 spiro atoms. The van der Waals surface area contributed by atoms with E-state index in [0.717, 1.165) is 12.8 Å². The molecule has 8 heteroatoms. The van der Waals surface area contributed by atoms with E-state index in [4.69, 9.17) is 9.47 Å². The topological polar surface area (TPSA) is 114 Å². The second-order valence-corrected chi connectivity index (χ2v) is 11.0. The maximum absolute atomic E-state index is 13.4. The zero-order valence-electron chi connectivity index (χ0n) is 25.1. The second-order valence-electron chi connectivity index (χ2n) is 11.0. The first kappa shape index (κ1) is 32.2. The number of aliphatic carboxylic acids is 1. The summed E-state index contributed by atoms with van der Waals surface area (Å²) in [6, 6.07) is 20.3. The highest BCUT2D eigenvalue weighted by Gasteiger charge is 2.27. The highest BCUT2D eigenvalue weighted by atomic mass is 16.5. The van der Waals surface area contributed by atoms with E-state index < -0.39 is 17.9 Å². The van der Waals surface area contributed by atoms with Gasteiger partial charge in [0, 0.05) is 18.0 Å². The van der Waals surface area contributed by atoms with Gasteiger partial charge in [-0.15, -0.1) is 0 Å². The number of carbonyl (C=O) groups is 3. The minimum atomic E-state index is -1.06. The smallest absolute Gasteiger partial charge is 0.305 e. The molecule has 0 heterocycles. The molecule has 0 aliphatic carbocycles. The van der Waals surface area contributed by atoms with Gasteiger partial charge in [-0.25, -0.2) is 0 Å². The van der Waals surface area contributed by atoms with Crippen molar-refractivity contribution in [1.29, 1.82) is 0 Å². The SMILES string of the molecule is COc1ccc(C(CC(=O)O)NC(=O)C(CC(=O)Nc2ccc(CCc3ccccc3C)cc2)CC(C)C)cc1OC. The number of nitrogens with one attached hydrogen (secondary N) is 2. The molecule has 2 atom stereocenters. The van der Waals surface area contributed by atoms with Crippen molar-refractivity contribution in [2.45, 2.75) is 58.9 Å². The van der Waals surface area contributed by atoms with Crippen LogP contribution in [0.15, 0.2) is 66.7 Å². The quantitative estimate of drug-likeness (QED) is 0.202. The number of hydrogen-bond acceptors (Lipinski definition) is 5. The van der Waals surface area contributed by atoms with Crippen molar-refractivity contribution in [2.24, 2.45) is 11.8 Å². The Morgan fingerprint density at radius 2 is 1.55 bits per heavy atom. The molecule has 2 unspecified atom stereocenters. The molecule has 0 radical (unpaired) electrons. The monoisotopic (exact) mass is 574 g/mol. The van der Waals surface area contributed by atoms with Gasteiger partial charge in [0.2, 0.25) is 11.8 Å². The lowest BCUT2D eigenvalue weighted by molar-refractivity contribution is -0.138. The summed E-state index contributed by atoms with van der Waals surface area (Å²) in [6.07, 6.45) is 1.97. The van der Waals surface area contributed by atoms with Gasteiger partial charge in [0.05, 0.1) is 26.7 Å². The highest BCUT2D eigenvalue weighted by Crippen LogP contribution is 2.31. The molecule has 0 aromatic heterocycles. The highest BCUT2D eigenvalue weighted by molar-refractivity contribution is 5.94. The molecule has 3 aromatic carbocycles. The summed E-state index contributed by atoms with van der Waals surface area (Å²) in [5.41, 5.74) is 5.00. The van der Waals surface area contributed by atoms with E-state index in [1.165, 1.54) is 30.9 Å². The lowest BCUT2D eigenvalue weighted by Gasteiger charge is -2.24. The van der Waals surface area contributed by atoms with Crippen LogP contribution in [0.2, 0.25) is 0 Å². The summed E-state index contributed by atoms with van der Waals surface area (Å²) < 4.78 is 10.6. The number of anilines is 1. The minimum absolute atomic E-state index is 0.0230. The summed E-state index contributed by atoms with van der Waals surface area (Å²) in [4.78, 5) is 38.1. The van der Waals surface area contributed by atoms with Crippen molar-refractivity contribution in [3.05, 3.63) is 89.0 Å². The number of methoxy groups -OCH3 is 2. The Morgan fingerprint density at radius 3 is 2.17 bits per heavy atom. The summed E-state index contributed by atoms with van der Waals surface area (Å²) in [6.45, 7) is 6.08. The fraction of sp³-hybridized carbons (Fsp3) is 0.382. The van der Waals surface area contributed by atoms with Gasteiger partial charge in [0.25, 0.3) is 0 Å². The van der Waals surface area contributed by atoms with Gasteiger partial charge >= 0.3 is 5.97 Å². The molecule has 0 saturated carbocycles. The van der Waals surface area contributed by atoms with Crippen LogP contribution in [0.3, 0.4) is 0 Å². The molecule has 3 aromatic rings. The molecule has 8 nitrogen and oxygen atoms in total. The predicted octanol–water partition coefficient (Wildman–Crippen LogP) is 6.12. The number of amides is 2. The van der Waals surface area contributed by atoms with Gasteiger partial charge in [0.15, 0.2) is 11.5 Å². The van der Waals surface area contributed by atoms with Crippen LogP contribution in [0.4, 0.5) is 5.69 Å². The van der Waals surface area contributed by atoms with Crippen molar-refractivity contribution in [1.82, 2.24) is 5.32 Å². The zero-order valence-corrected chi connectivity index (χ0v) is 25.1. The summed E-state index contributed by atoms with van der Waals surface area (Å²) in [5, 5.41) is 15.3. The predicted molar refractivity (Wildman–Crippen MR) is 164 cm³/mol. The van der Waals surface area contributed by atoms with Gasteiger partial charge in [-0.1, -0.05) is 56.3 Å². The van der Waals surface area contributed by atoms with Crippen LogP contribution >= 0.6 is 0 Å². The number of ether oxygens (including phenoxy) is 2. The van der Waals surface area contributed by atoms with E-state index in [2.05, 4.69) is 35.8 Å². The normalized spacial score (nSPS) is 12.3. The first-order valence-electron chi connectivity index (χ1n) is 14.3. The molecule has 2 amide bonds. The molecular formula is C34H42N2O6. The van der Waals surface area contributed by atoms with Crippen molar-refractivity contribution in [2.75, 3.05) is 19.5 Å². The van der Waals surface area contributed by atoms with E-state index in [1.807, 2.05) is 44.2 Å². The molecule has 0 aliphatic rings. The Balaban J connectivity index is 1.65. The third kappa shape index (κ3) is 9.65. The Labute approximate surface area is 248 Å². The molecule has 0 bridgehead atoms. The van der Waals surface area contributed by atoms with E-state index >= 15 is 0 Å². The number of carbonyl (C=O) groups excluding carboxylic acids is 2. The van der Waals surface area contributed by atoms with Crippen LogP contribution in [-0.4, -0.2) is 37.1 Å². The fourth-order valence-electron chi connectivity index (χ4n) is 5.00. The minimum Gasteiger partial charge on any atom is -0.493 e. The third-order valence-corrected chi connectivity index (χ3v) is 7.25. The summed E-state index contributed by atoms with van der Waals surface area (Å²) in [7, 11) is 3.00. The molecule has 3 rings (SSSR count). The molecule has 42 heavy (non-hydrogen) atoms. The van der Waals surface area contributed by atoms with Crippen LogP contribution in [0, 0.1) is 18.8 Å². The van der Waals surface area contributed by atoms with Crippen molar-refractivity contribution in [3.8, 4) is 11.5 Å². The molecule has 224 valence electrons. The lowest BCUT2D eigenvalue weighted by Crippen LogP contribution is -2.37. The third-order valence-electron chi connectivity index (χ3n) is 7.25. The maximum Gasteiger partial charge on any atom is 0.305 e. The van der Waals surface area contributed by atoms with Crippen molar-refractivity contribution in [3.63, 3.8) is 0 Å². The standard InChI is InChI=1S/C34H42N2O6/c1-22(2)18-27(34(40)36-29(21-33(38)39)26-14-17-30(41-4)31(19-26)42-5)20-32(37)35-28-15-11-24(12-16-28)10-13-25-9-7-6-8-23(25)3/h6-9,11-12,14-17,19,22,27,29H,10,13,18,20-21H2,1-5H3,(H,35,37)(H,36,40)(H,38,39). The zero-order chi connectivity index (χ0) is 30.6. The average Bonchev–Trinajstić information content (AvgIpc) is 2.96. The Morgan fingerprint density at radius 1 is 0.857 bits per heavy atom. The largest absolute Gasteiger partial charge is 0.493 e. The van der Waals surface area contributed by atoms with Gasteiger partial charge in [0.1, 0.15) is 0 Å². The number of hydrogen-bond donors (Lipinski definition) is 3.